The van der Waals surface area contributed by atoms with E-state index in [9.17, 15) is 8.42 Å². The molecule has 1 fully saturated rings. The zero-order valence-corrected chi connectivity index (χ0v) is 16.5. The van der Waals surface area contributed by atoms with E-state index in [1.54, 1.807) is 24.3 Å². The van der Waals surface area contributed by atoms with Gasteiger partial charge in [0.25, 0.3) is 0 Å². The van der Waals surface area contributed by atoms with Gasteiger partial charge in [0.05, 0.1) is 17.3 Å². The monoisotopic (exact) mass is 396 g/mol. The van der Waals surface area contributed by atoms with Crippen molar-refractivity contribution in [3.05, 3.63) is 77.9 Å². The van der Waals surface area contributed by atoms with Crippen molar-refractivity contribution in [2.75, 3.05) is 6.61 Å². The van der Waals surface area contributed by atoms with Gasteiger partial charge in [-0.15, -0.1) is 0 Å². The molecule has 1 atom stereocenters. The maximum atomic E-state index is 12.8. The van der Waals surface area contributed by atoms with Crippen LogP contribution in [0.2, 0.25) is 0 Å². The zero-order valence-electron chi connectivity index (χ0n) is 15.7. The van der Waals surface area contributed by atoms with Gasteiger partial charge in [-0.2, -0.15) is 0 Å². The Labute approximate surface area is 166 Å². The van der Waals surface area contributed by atoms with E-state index in [0.29, 0.717) is 11.5 Å². The Kier molecular flexibility index (Phi) is 5.76. The summed E-state index contributed by atoms with van der Waals surface area (Å²) in [7, 11) is -3.40. The lowest BCUT2D eigenvalue weighted by Crippen LogP contribution is -2.22. The average Bonchev–Trinajstić information content (AvgIpc) is 2.74. The average molecular weight is 397 g/mol. The minimum Gasteiger partial charge on any atom is -0.353 e. The van der Waals surface area contributed by atoms with Crippen LogP contribution in [0.25, 0.3) is 10.8 Å². The molecule has 1 saturated heterocycles. The highest BCUT2D eigenvalue weighted by molar-refractivity contribution is 7.90. The standard InChI is InChI=1S/C23H24O4S/c24-28(25,20-10-2-1-3-11-20)17-19-9-7-12-21-18(8-6-13-22(19)21)16-27-23-14-4-5-15-26-23/h1-3,6-13,23H,4-5,14-17H2. The highest BCUT2D eigenvalue weighted by atomic mass is 32.2. The summed E-state index contributed by atoms with van der Waals surface area (Å²) in [4.78, 5) is 0.348. The van der Waals surface area contributed by atoms with Crippen molar-refractivity contribution < 1.29 is 17.9 Å². The first-order chi connectivity index (χ1) is 13.6. The van der Waals surface area contributed by atoms with Crippen molar-refractivity contribution in [2.24, 2.45) is 0 Å². The van der Waals surface area contributed by atoms with Gasteiger partial charge >= 0.3 is 0 Å². The molecule has 1 unspecified atom stereocenters. The molecule has 4 rings (SSSR count). The van der Waals surface area contributed by atoms with E-state index < -0.39 is 9.84 Å². The Morgan fingerprint density at radius 3 is 2.29 bits per heavy atom. The highest BCUT2D eigenvalue weighted by Gasteiger charge is 2.18. The summed E-state index contributed by atoms with van der Waals surface area (Å²) in [6.45, 7) is 1.21. The fourth-order valence-corrected chi connectivity index (χ4v) is 5.03. The second-order valence-corrected chi connectivity index (χ2v) is 9.10. The molecule has 146 valence electrons. The molecule has 0 aliphatic carbocycles. The third kappa shape index (κ3) is 4.27. The Morgan fingerprint density at radius 1 is 0.857 bits per heavy atom. The SMILES string of the molecule is O=S(=O)(Cc1cccc2c(COC3CCCCO3)cccc12)c1ccccc1. The first kappa shape index (κ1) is 19.1. The molecule has 4 nitrogen and oxygen atoms in total. The summed E-state index contributed by atoms with van der Waals surface area (Å²) in [5.41, 5.74) is 1.85. The Bertz CT molecular complexity index is 1040. The Morgan fingerprint density at radius 2 is 1.57 bits per heavy atom. The molecule has 5 heteroatoms. The third-order valence-corrected chi connectivity index (χ3v) is 6.79. The molecule has 0 amide bonds. The Balaban J connectivity index is 1.60. The minimum absolute atomic E-state index is 0.0234. The van der Waals surface area contributed by atoms with Gasteiger partial charge in [0.1, 0.15) is 0 Å². The predicted octanol–water partition coefficient (Wildman–Crippen LogP) is 4.86. The maximum Gasteiger partial charge on any atom is 0.182 e. The van der Waals surface area contributed by atoms with Crippen molar-refractivity contribution in [3.8, 4) is 0 Å². The molecule has 1 aliphatic rings. The zero-order chi connectivity index (χ0) is 19.4. The van der Waals surface area contributed by atoms with E-state index in [1.165, 1.54) is 0 Å². The first-order valence-electron chi connectivity index (χ1n) is 9.64. The van der Waals surface area contributed by atoms with Crippen LogP contribution >= 0.6 is 0 Å². The summed E-state index contributed by atoms with van der Waals surface area (Å²) in [6, 6.07) is 20.4. The highest BCUT2D eigenvalue weighted by Crippen LogP contribution is 2.27. The maximum absolute atomic E-state index is 12.8. The third-order valence-electron chi connectivity index (χ3n) is 5.11. The number of hydrogen-bond donors (Lipinski definition) is 0. The molecule has 1 heterocycles. The van der Waals surface area contributed by atoms with Crippen molar-refractivity contribution in [1.82, 2.24) is 0 Å². The van der Waals surface area contributed by atoms with Gasteiger partial charge in [0.2, 0.25) is 0 Å². The molecule has 0 N–H and O–H groups in total. The van der Waals surface area contributed by atoms with Crippen LogP contribution in [-0.2, 0) is 31.7 Å². The first-order valence-corrected chi connectivity index (χ1v) is 11.3. The van der Waals surface area contributed by atoms with Crippen LogP contribution in [0.1, 0.15) is 30.4 Å². The summed E-state index contributed by atoms with van der Waals surface area (Å²) in [5, 5.41) is 1.98. The predicted molar refractivity (Wildman–Crippen MR) is 110 cm³/mol. The second-order valence-electron chi connectivity index (χ2n) is 7.11. The molecule has 0 saturated carbocycles. The summed E-state index contributed by atoms with van der Waals surface area (Å²) in [6.07, 6.45) is 2.99. The topological polar surface area (TPSA) is 52.6 Å². The van der Waals surface area contributed by atoms with Crippen LogP contribution in [0.15, 0.2) is 71.6 Å². The fraction of sp³-hybridized carbons (Fsp3) is 0.304. The van der Waals surface area contributed by atoms with E-state index >= 15 is 0 Å². The molecular weight excluding hydrogens is 372 g/mol. The van der Waals surface area contributed by atoms with Crippen LogP contribution in [0.3, 0.4) is 0 Å². The normalized spacial score (nSPS) is 17.6. The largest absolute Gasteiger partial charge is 0.353 e. The number of rotatable bonds is 6. The fourth-order valence-electron chi connectivity index (χ4n) is 3.63. The van der Waals surface area contributed by atoms with Crippen LogP contribution < -0.4 is 0 Å². The van der Waals surface area contributed by atoms with E-state index in [0.717, 1.165) is 47.8 Å². The number of ether oxygens (including phenoxy) is 2. The quantitative estimate of drug-likeness (QED) is 0.597. The Hall–Kier alpha value is -2.21. The minimum atomic E-state index is -3.40. The van der Waals surface area contributed by atoms with Crippen LogP contribution in [0, 0.1) is 0 Å². The molecule has 28 heavy (non-hydrogen) atoms. The van der Waals surface area contributed by atoms with Gasteiger partial charge in [-0.05, 0) is 53.3 Å². The van der Waals surface area contributed by atoms with Gasteiger partial charge in [-0.25, -0.2) is 8.42 Å². The van der Waals surface area contributed by atoms with E-state index in [-0.39, 0.29) is 12.0 Å². The summed E-state index contributed by atoms with van der Waals surface area (Å²) in [5.74, 6) is -0.0234. The molecule has 0 aromatic heterocycles. The lowest BCUT2D eigenvalue weighted by Gasteiger charge is -2.23. The smallest absolute Gasteiger partial charge is 0.182 e. The number of benzene rings is 3. The molecule has 0 bridgehead atoms. The number of hydrogen-bond acceptors (Lipinski definition) is 4. The van der Waals surface area contributed by atoms with Gasteiger partial charge in [0, 0.05) is 6.61 Å². The summed E-state index contributed by atoms with van der Waals surface area (Å²) >= 11 is 0. The van der Waals surface area contributed by atoms with Crippen molar-refractivity contribution in [1.29, 1.82) is 0 Å². The van der Waals surface area contributed by atoms with E-state index in [4.69, 9.17) is 9.47 Å². The molecule has 0 spiro atoms. The van der Waals surface area contributed by atoms with E-state index in [1.807, 2.05) is 42.5 Å². The van der Waals surface area contributed by atoms with Gasteiger partial charge < -0.3 is 9.47 Å². The van der Waals surface area contributed by atoms with Gasteiger partial charge in [0.15, 0.2) is 16.1 Å². The van der Waals surface area contributed by atoms with Crippen molar-refractivity contribution in [2.45, 2.75) is 42.8 Å². The number of fused-ring (bicyclic) bond motifs is 1. The second kappa shape index (κ2) is 8.43. The van der Waals surface area contributed by atoms with Crippen LogP contribution in [-0.4, -0.2) is 21.3 Å². The lowest BCUT2D eigenvalue weighted by molar-refractivity contribution is -0.168. The number of sulfone groups is 1. The molecule has 1 aliphatic heterocycles. The van der Waals surface area contributed by atoms with Crippen LogP contribution in [0.5, 0.6) is 0 Å². The lowest BCUT2D eigenvalue weighted by atomic mass is 10.0. The van der Waals surface area contributed by atoms with Crippen molar-refractivity contribution in [3.63, 3.8) is 0 Å². The van der Waals surface area contributed by atoms with Gasteiger partial charge in [-0.1, -0.05) is 54.6 Å². The van der Waals surface area contributed by atoms with E-state index in [2.05, 4.69) is 0 Å². The van der Waals surface area contributed by atoms with Crippen molar-refractivity contribution >= 4 is 20.6 Å². The molecule has 3 aromatic carbocycles. The van der Waals surface area contributed by atoms with Crippen LogP contribution in [0.4, 0.5) is 0 Å². The molecule has 0 radical (unpaired) electrons. The summed E-state index contributed by atoms with van der Waals surface area (Å²) < 4.78 is 37.2. The molecular formula is C23H24O4S. The van der Waals surface area contributed by atoms with Gasteiger partial charge in [-0.3, -0.25) is 0 Å². The molecule has 3 aromatic rings.